The maximum atomic E-state index is 5.25. The molecule has 2 rings (SSSR count). The largest absolute Gasteiger partial charge is 0.383 e. The van der Waals surface area contributed by atoms with Crippen LogP contribution in [0, 0.1) is 12.8 Å². The summed E-state index contributed by atoms with van der Waals surface area (Å²) >= 11 is 0. The predicted molar refractivity (Wildman–Crippen MR) is 75.0 cm³/mol. The first-order valence-corrected chi connectivity index (χ1v) is 6.32. The molecule has 0 radical (unpaired) electrons. The van der Waals surface area contributed by atoms with Crippen molar-refractivity contribution in [2.24, 2.45) is 5.92 Å². The molecule has 1 unspecified atom stereocenters. The van der Waals surface area contributed by atoms with Crippen molar-refractivity contribution >= 4 is 16.7 Å². The van der Waals surface area contributed by atoms with Gasteiger partial charge in [-0.1, -0.05) is 13.8 Å². The molecule has 0 amide bonds. The van der Waals surface area contributed by atoms with E-state index in [0.717, 1.165) is 22.5 Å². The van der Waals surface area contributed by atoms with Gasteiger partial charge in [-0.15, -0.1) is 0 Å². The molecule has 0 bridgehead atoms. The van der Waals surface area contributed by atoms with Gasteiger partial charge in [0.1, 0.15) is 5.82 Å². The third kappa shape index (κ3) is 2.82. The van der Waals surface area contributed by atoms with Crippen molar-refractivity contribution in [3.05, 3.63) is 24.0 Å². The van der Waals surface area contributed by atoms with E-state index in [1.54, 1.807) is 7.11 Å². The van der Waals surface area contributed by atoms with Crippen LogP contribution in [0.3, 0.4) is 0 Å². The number of anilines is 1. The molecule has 0 aliphatic heterocycles. The summed E-state index contributed by atoms with van der Waals surface area (Å²) in [7, 11) is 1.73. The Balaban J connectivity index is 2.19. The molecule has 98 valence electrons. The van der Waals surface area contributed by atoms with Gasteiger partial charge in [-0.2, -0.15) is 0 Å². The first-order chi connectivity index (χ1) is 8.60. The van der Waals surface area contributed by atoms with E-state index in [1.165, 1.54) is 0 Å². The number of aromatic nitrogens is 2. The fraction of sp³-hybridized carbons (Fsp3) is 0.500. The molecule has 0 aliphatic carbocycles. The van der Waals surface area contributed by atoms with Gasteiger partial charge in [-0.05, 0) is 31.0 Å². The topological polar surface area (TPSA) is 49.9 Å². The van der Waals surface area contributed by atoms with Gasteiger partial charge in [-0.25, -0.2) is 4.98 Å². The minimum absolute atomic E-state index is 0.316. The molecule has 1 aromatic carbocycles. The number of hydrogen-bond donors (Lipinski definition) is 2. The van der Waals surface area contributed by atoms with Crippen LogP contribution in [0.15, 0.2) is 18.2 Å². The first-order valence-electron chi connectivity index (χ1n) is 6.32. The first kappa shape index (κ1) is 12.9. The van der Waals surface area contributed by atoms with Gasteiger partial charge < -0.3 is 15.0 Å². The van der Waals surface area contributed by atoms with E-state index in [0.29, 0.717) is 18.6 Å². The van der Waals surface area contributed by atoms with Gasteiger partial charge in [0.2, 0.25) is 0 Å². The Morgan fingerprint density at radius 3 is 2.83 bits per heavy atom. The van der Waals surface area contributed by atoms with Crippen LogP contribution in [0.4, 0.5) is 5.69 Å². The van der Waals surface area contributed by atoms with E-state index in [1.807, 2.05) is 13.0 Å². The van der Waals surface area contributed by atoms with Crippen LogP contribution in [0.5, 0.6) is 0 Å². The third-order valence-electron chi connectivity index (χ3n) is 3.10. The molecule has 2 aromatic rings. The Hall–Kier alpha value is -1.55. The van der Waals surface area contributed by atoms with E-state index in [9.17, 15) is 0 Å². The highest BCUT2D eigenvalue weighted by molar-refractivity contribution is 5.79. The average molecular weight is 247 g/mol. The zero-order valence-corrected chi connectivity index (χ0v) is 11.4. The van der Waals surface area contributed by atoms with E-state index in [2.05, 4.69) is 41.3 Å². The monoisotopic (exact) mass is 247 g/mol. The number of rotatable bonds is 5. The average Bonchev–Trinajstić information content (AvgIpc) is 2.67. The van der Waals surface area contributed by atoms with Gasteiger partial charge in [0.05, 0.1) is 23.7 Å². The second-order valence-corrected chi connectivity index (χ2v) is 5.00. The van der Waals surface area contributed by atoms with Crippen molar-refractivity contribution in [3.63, 3.8) is 0 Å². The zero-order chi connectivity index (χ0) is 13.1. The molecule has 18 heavy (non-hydrogen) atoms. The number of aryl methyl sites for hydroxylation is 1. The van der Waals surface area contributed by atoms with Crippen molar-refractivity contribution in [2.75, 3.05) is 19.0 Å². The van der Waals surface area contributed by atoms with E-state index >= 15 is 0 Å². The summed E-state index contributed by atoms with van der Waals surface area (Å²) in [6.45, 7) is 7.05. The van der Waals surface area contributed by atoms with E-state index in [4.69, 9.17) is 4.74 Å². The molecular weight excluding hydrogens is 226 g/mol. The van der Waals surface area contributed by atoms with Gasteiger partial charge in [-0.3, -0.25) is 0 Å². The van der Waals surface area contributed by atoms with Crippen LogP contribution < -0.4 is 5.32 Å². The van der Waals surface area contributed by atoms with Crippen molar-refractivity contribution in [2.45, 2.75) is 26.8 Å². The van der Waals surface area contributed by atoms with E-state index < -0.39 is 0 Å². The smallest absolute Gasteiger partial charge is 0.104 e. The number of hydrogen-bond acceptors (Lipinski definition) is 3. The lowest BCUT2D eigenvalue weighted by molar-refractivity contribution is 0.171. The van der Waals surface area contributed by atoms with Crippen LogP contribution in [0.1, 0.15) is 19.7 Å². The standard InChI is InChI=1S/C14H21N3O/c1-9(2)14(8-18-4)17-11-5-6-12-13(7-11)16-10(3)15-12/h5-7,9,14,17H,8H2,1-4H3,(H,15,16). The van der Waals surface area contributed by atoms with E-state index in [-0.39, 0.29) is 0 Å². The molecule has 0 saturated heterocycles. The minimum atomic E-state index is 0.316. The number of imidazole rings is 1. The third-order valence-corrected chi connectivity index (χ3v) is 3.10. The van der Waals surface area contributed by atoms with Crippen LogP contribution >= 0.6 is 0 Å². The molecule has 0 spiro atoms. The molecule has 1 heterocycles. The van der Waals surface area contributed by atoms with Crippen LogP contribution in [-0.4, -0.2) is 29.7 Å². The van der Waals surface area contributed by atoms with Crippen molar-refractivity contribution in [3.8, 4) is 0 Å². The highest BCUT2D eigenvalue weighted by Crippen LogP contribution is 2.19. The predicted octanol–water partition coefficient (Wildman–Crippen LogP) is 2.95. The Kier molecular flexibility index (Phi) is 3.87. The maximum absolute atomic E-state index is 5.25. The van der Waals surface area contributed by atoms with Crippen LogP contribution in [0.25, 0.3) is 11.0 Å². The van der Waals surface area contributed by atoms with Gasteiger partial charge in [0, 0.05) is 12.8 Å². The highest BCUT2D eigenvalue weighted by atomic mass is 16.5. The van der Waals surface area contributed by atoms with Gasteiger partial charge in [0.15, 0.2) is 0 Å². The van der Waals surface area contributed by atoms with Crippen molar-refractivity contribution < 1.29 is 4.74 Å². The Bertz CT molecular complexity index is 519. The number of nitrogens with one attached hydrogen (secondary N) is 2. The molecule has 1 atom stereocenters. The quantitative estimate of drug-likeness (QED) is 0.854. The summed E-state index contributed by atoms with van der Waals surface area (Å²) in [5.74, 6) is 1.46. The maximum Gasteiger partial charge on any atom is 0.104 e. The lowest BCUT2D eigenvalue weighted by Gasteiger charge is -2.22. The molecule has 1 aromatic heterocycles. The number of fused-ring (bicyclic) bond motifs is 1. The Labute approximate surface area is 108 Å². The number of methoxy groups -OCH3 is 1. The molecular formula is C14H21N3O. The summed E-state index contributed by atoms with van der Waals surface area (Å²) in [5.41, 5.74) is 3.17. The lowest BCUT2D eigenvalue weighted by Crippen LogP contribution is -2.30. The molecule has 0 saturated carbocycles. The Morgan fingerprint density at radius 2 is 2.17 bits per heavy atom. The summed E-state index contributed by atoms with van der Waals surface area (Å²) in [6.07, 6.45) is 0. The van der Waals surface area contributed by atoms with Gasteiger partial charge in [0.25, 0.3) is 0 Å². The van der Waals surface area contributed by atoms with Crippen molar-refractivity contribution in [1.29, 1.82) is 0 Å². The number of aromatic amines is 1. The van der Waals surface area contributed by atoms with Crippen LogP contribution in [0.2, 0.25) is 0 Å². The summed E-state index contributed by atoms with van der Waals surface area (Å²) in [6, 6.07) is 6.51. The van der Waals surface area contributed by atoms with Crippen molar-refractivity contribution in [1.82, 2.24) is 9.97 Å². The Morgan fingerprint density at radius 1 is 1.39 bits per heavy atom. The highest BCUT2D eigenvalue weighted by Gasteiger charge is 2.13. The fourth-order valence-corrected chi connectivity index (χ4v) is 2.02. The summed E-state index contributed by atoms with van der Waals surface area (Å²) in [4.78, 5) is 7.65. The second kappa shape index (κ2) is 5.40. The van der Waals surface area contributed by atoms with Gasteiger partial charge >= 0.3 is 0 Å². The molecule has 0 fully saturated rings. The SMILES string of the molecule is COCC(Nc1ccc2nc(C)[nH]c2c1)C(C)C. The summed E-state index contributed by atoms with van der Waals surface area (Å²) in [5, 5.41) is 3.51. The minimum Gasteiger partial charge on any atom is -0.383 e. The fourth-order valence-electron chi connectivity index (χ4n) is 2.02. The molecule has 4 heteroatoms. The number of nitrogens with zero attached hydrogens (tertiary/aromatic N) is 1. The molecule has 2 N–H and O–H groups in total. The van der Waals surface area contributed by atoms with Crippen LogP contribution in [-0.2, 0) is 4.74 Å². The number of H-pyrrole nitrogens is 1. The molecule has 0 aliphatic rings. The molecule has 4 nitrogen and oxygen atoms in total. The second-order valence-electron chi connectivity index (χ2n) is 5.00. The lowest BCUT2D eigenvalue weighted by atomic mass is 10.0. The number of ether oxygens (including phenoxy) is 1. The summed E-state index contributed by atoms with van der Waals surface area (Å²) < 4.78 is 5.25. The zero-order valence-electron chi connectivity index (χ0n) is 11.4. The normalized spacial score (nSPS) is 13.2. The number of benzene rings is 1.